The van der Waals surface area contributed by atoms with Crippen LogP contribution >= 0.6 is 0 Å². The molecule has 1 aromatic carbocycles. The highest BCUT2D eigenvalue weighted by molar-refractivity contribution is 5.38. The van der Waals surface area contributed by atoms with Crippen molar-refractivity contribution in [3.63, 3.8) is 0 Å². The molecule has 3 nitrogen and oxygen atoms in total. The third kappa shape index (κ3) is 2.85. The largest absolute Gasteiger partial charge is 0.497 e. The Morgan fingerprint density at radius 3 is 2.44 bits per heavy atom. The average Bonchev–Trinajstić information content (AvgIpc) is 2.76. The molecule has 0 bridgehead atoms. The van der Waals surface area contributed by atoms with E-state index in [1.54, 1.807) is 7.11 Å². The van der Waals surface area contributed by atoms with E-state index in [1.165, 1.54) is 24.0 Å². The van der Waals surface area contributed by atoms with Crippen LogP contribution in [0.1, 0.15) is 36.8 Å². The Kier molecular flexibility index (Phi) is 3.93. The van der Waals surface area contributed by atoms with Crippen molar-refractivity contribution in [1.82, 2.24) is 4.90 Å². The zero-order valence-corrected chi connectivity index (χ0v) is 11.7. The predicted molar refractivity (Wildman–Crippen MR) is 74.7 cm³/mol. The minimum Gasteiger partial charge on any atom is -0.497 e. The first-order valence-corrected chi connectivity index (χ1v) is 6.65. The summed E-state index contributed by atoms with van der Waals surface area (Å²) < 4.78 is 5.41. The van der Waals surface area contributed by atoms with Crippen LogP contribution in [0.5, 0.6) is 5.75 Å². The molecule has 1 aromatic rings. The molecule has 18 heavy (non-hydrogen) atoms. The average molecular weight is 248 g/mol. The molecule has 0 aromatic heterocycles. The first-order valence-electron chi connectivity index (χ1n) is 6.65. The van der Waals surface area contributed by atoms with Gasteiger partial charge in [0.25, 0.3) is 0 Å². The van der Waals surface area contributed by atoms with Crippen LogP contribution in [-0.2, 0) is 12.1 Å². The summed E-state index contributed by atoms with van der Waals surface area (Å²) in [5.74, 6) is 0.918. The van der Waals surface area contributed by atoms with Crippen LogP contribution in [0.4, 0.5) is 0 Å². The van der Waals surface area contributed by atoms with Gasteiger partial charge in [-0.1, -0.05) is 18.9 Å². The lowest BCUT2D eigenvalue weighted by Crippen LogP contribution is -2.33. The number of nitrogens with zero attached hydrogens (tertiary/aromatic N) is 1. The van der Waals surface area contributed by atoms with E-state index >= 15 is 0 Å². The summed E-state index contributed by atoms with van der Waals surface area (Å²) in [4.78, 5) is 2.16. The molecule has 1 fully saturated rings. The van der Waals surface area contributed by atoms with E-state index in [4.69, 9.17) is 10.5 Å². The fourth-order valence-electron chi connectivity index (χ4n) is 2.82. The van der Waals surface area contributed by atoms with Crippen LogP contribution in [0.15, 0.2) is 18.2 Å². The Labute approximate surface area is 110 Å². The van der Waals surface area contributed by atoms with E-state index in [-0.39, 0.29) is 5.54 Å². The van der Waals surface area contributed by atoms with E-state index < -0.39 is 0 Å². The molecule has 100 valence electrons. The molecule has 2 rings (SSSR count). The van der Waals surface area contributed by atoms with Gasteiger partial charge in [0.15, 0.2) is 0 Å². The van der Waals surface area contributed by atoms with E-state index in [1.807, 2.05) is 0 Å². The van der Waals surface area contributed by atoms with E-state index in [2.05, 4.69) is 37.2 Å². The van der Waals surface area contributed by atoms with Crippen LogP contribution in [0.2, 0.25) is 0 Å². The summed E-state index contributed by atoms with van der Waals surface area (Å²) >= 11 is 0. The molecule has 1 aliphatic rings. The van der Waals surface area contributed by atoms with Crippen LogP contribution in [0.3, 0.4) is 0 Å². The number of hydrogen-bond acceptors (Lipinski definition) is 3. The molecule has 0 aliphatic heterocycles. The highest BCUT2D eigenvalue weighted by atomic mass is 16.5. The quantitative estimate of drug-likeness (QED) is 0.889. The second-order valence-electron chi connectivity index (χ2n) is 5.67. The number of nitrogens with two attached hydrogens (primary N) is 1. The Hall–Kier alpha value is -1.06. The third-order valence-electron chi connectivity index (χ3n) is 3.77. The Morgan fingerprint density at radius 1 is 1.22 bits per heavy atom. The second kappa shape index (κ2) is 5.29. The summed E-state index contributed by atoms with van der Waals surface area (Å²) in [7, 11) is 5.87. The highest BCUT2D eigenvalue weighted by Gasteiger charge is 2.31. The van der Waals surface area contributed by atoms with Gasteiger partial charge in [0.1, 0.15) is 5.75 Å². The first-order chi connectivity index (χ1) is 8.53. The molecule has 0 saturated heterocycles. The van der Waals surface area contributed by atoms with Crippen molar-refractivity contribution in [3.8, 4) is 5.75 Å². The number of hydrogen-bond donors (Lipinski definition) is 1. The lowest BCUT2D eigenvalue weighted by molar-refractivity contribution is 0.390. The SMILES string of the molecule is COc1cc(CN(C)C)cc(C2(N)CCCC2)c1. The van der Waals surface area contributed by atoms with Crippen LogP contribution < -0.4 is 10.5 Å². The van der Waals surface area contributed by atoms with Crippen molar-refractivity contribution in [2.45, 2.75) is 37.8 Å². The van der Waals surface area contributed by atoms with Crippen molar-refractivity contribution >= 4 is 0 Å². The van der Waals surface area contributed by atoms with Gasteiger partial charge in [-0.3, -0.25) is 0 Å². The van der Waals surface area contributed by atoms with Gasteiger partial charge in [-0.2, -0.15) is 0 Å². The Balaban J connectivity index is 2.34. The monoisotopic (exact) mass is 248 g/mol. The number of methoxy groups -OCH3 is 1. The molecule has 0 heterocycles. The summed E-state index contributed by atoms with van der Waals surface area (Å²) in [6.45, 7) is 0.917. The highest BCUT2D eigenvalue weighted by Crippen LogP contribution is 2.38. The first kappa shape index (κ1) is 13.4. The molecular formula is C15H24N2O. The van der Waals surface area contributed by atoms with Gasteiger partial charge in [0.2, 0.25) is 0 Å². The molecule has 0 radical (unpaired) electrons. The maximum absolute atomic E-state index is 6.53. The van der Waals surface area contributed by atoms with Crippen molar-refractivity contribution < 1.29 is 4.74 Å². The van der Waals surface area contributed by atoms with Gasteiger partial charge in [-0.25, -0.2) is 0 Å². The number of benzene rings is 1. The topological polar surface area (TPSA) is 38.5 Å². The van der Waals surface area contributed by atoms with Gasteiger partial charge in [0, 0.05) is 12.1 Å². The molecule has 0 amide bonds. The molecule has 0 unspecified atom stereocenters. The summed E-state index contributed by atoms with van der Waals surface area (Å²) in [6.07, 6.45) is 4.64. The zero-order chi connectivity index (χ0) is 13.2. The lowest BCUT2D eigenvalue weighted by atomic mass is 9.88. The lowest BCUT2D eigenvalue weighted by Gasteiger charge is -2.26. The van der Waals surface area contributed by atoms with E-state index in [0.29, 0.717) is 0 Å². The minimum atomic E-state index is -0.143. The summed E-state index contributed by atoms with van der Waals surface area (Å²) in [5.41, 5.74) is 8.89. The zero-order valence-electron chi connectivity index (χ0n) is 11.7. The van der Waals surface area contributed by atoms with Gasteiger partial charge < -0.3 is 15.4 Å². The minimum absolute atomic E-state index is 0.143. The fourth-order valence-corrected chi connectivity index (χ4v) is 2.82. The smallest absolute Gasteiger partial charge is 0.119 e. The third-order valence-corrected chi connectivity index (χ3v) is 3.77. The maximum Gasteiger partial charge on any atom is 0.119 e. The second-order valence-corrected chi connectivity index (χ2v) is 5.67. The Morgan fingerprint density at radius 2 is 1.89 bits per heavy atom. The van der Waals surface area contributed by atoms with Crippen molar-refractivity contribution in [2.24, 2.45) is 5.73 Å². The fraction of sp³-hybridized carbons (Fsp3) is 0.600. The summed E-state index contributed by atoms with van der Waals surface area (Å²) in [5, 5.41) is 0. The number of rotatable bonds is 4. The maximum atomic E-state index is 6.53. The van der Waals surface area contributed by atoms with Crippen LogP contribution in [-0.4, -0.2) is 26.1 Å². The molecule has 0 atom stereocenters. The Bertz CT molecular complexity index is 409. The standard InChI is InChI=1S/C15H24N2O/c1-17(2)11-12-8-13(10-14(9-12)18-3)15(16)6-4-5-7-15/h8-10H,4-7,11,16H2,1-3H3. The van der Waals surface area contributed by atoms with Crippen LogP contribution in [0, 0.1) is 0 Å². The normalized spacial score (nSPS) is 18.3. The van der Waals surface area contributed by atoms with Gasteiger partial charge in [0.05, 0.1) is 7.11 Å². The van der Waals surface area contributed by atoms with Gasteiger partial charge >= 0.3 is 0 Å². The molecule has 1 aliphatic carbocycles. The predicted octanol–water partition coefficient (Wildman–Crippen LogP) is 2.48. The van der Waals surface area contributed by atoms with E-state index in [0.717, 1.165) is 25.1 Å². The van der Waals surface area contributed by atoms with Crippen molar-refractivity contribution in [2.75, 3.05) is 21.2 Å². The van der Waals surface area contributed by atoms with E-state index in [9.17, 15) is 0 Å². The van der Waals surface area contributed by atoms with Crippen LogP contribution in [0.25, 0.3) is 0 Å². The molecule has 0 spiro atoms. The number of ether oxygens (including phenoxy) is 1. The van der Waals surface area contributed by atoms with Gasteiger partial charge in [-0.15, -0.1) is 0 Å². The van der Waals surface area contributed by atoms with Crippen molar-refractivity contribution in [1.29, 1.82) is 0 Å². The van der Waals surface area contributed by atoms with Crippen molar-refractivity contribution in [3.05, 3.63) is 29.3 Å². The molecular weight excluding hydrogens is 224 g/mol. The molecule has 1 saturated carbocycles. The molecule has 2 N–H and O–H groups in total. The molecule has 3 heteroatoms. The van der Waals surface area contributed by atoms with Gasteiger partial charge in [-0.05, 0) is 50.2 Å². The summed E-state index contributed by atoms with van der Waals surface area (Å²) in [6, 6.07) is 6.44.